The van der Waals surface area contributed by atoms with Gasteiger partial charge in [-0.3, -0.25) is 0 Å². The number of urea groups is 1. The lowest BCUT2D eigenvalue weighted by atomic mass is 10.0. The summed E-state index contributed by atoms with van der Waals surface area (Å²) in [5.74, 6) is 0.579. The molecule has 0 aromatic heterocycles. The van der Waals surface area contributed by atoms with E-state index in [1.807, 2.05) is 38.1 Å². The first kappa shape index (κ1) is 20.7. The number of ether oxygens (including phenoxy) is 1. The lowest BCUT2D eigenvalue weighted by Gasteiger charge is -2.17. The molecule has 2 aromatic carbocycles. The number of aryl methyl sites for hydroxylation is 1. The molecule has 1 atom stereocenters. The Labute approximate surface area is 160 Å². The van der Waals surface area contributed by atoms with Crippen LogP contribution in [0.25, 0.3) is 0 Å². The highest BCUT2D eigenvalue weighted by atomic mass is 32.2. The summed E-state index contributed by atoms with van der Waals surface area (Å²) in [5, 5.41) is 5.49. The molecule has 0 fully saturated rings. The Morgan fingerprint density at radius 3 is 2.37 bits per heavy atom. The Hall–Kier alpha value is -2.58. The molecular formula is C19H25N3O4S. The Balaban J connectivity index is 1.78. The fourth-order valence-corrected chi connectivity index (χ4v) is 3.63. The van der Waals surface area contributed by atoms with Crippen molar-refractivity contribution in [1.29, 1.82) is 0 Å². The lowest BCUT2D eigenvalue weighted by molar-refractivity contribution is 0.238. The molecule has 0 aliphatic rings. The van der Waals surface area contributed by atoms with Gasteiger partial charge in [0.1, 0.15) is 5.75 Å². The lowest BCUT2D eigenvalue weighted by Crippen LogP contribution is -2.41. The Morgan fingerprint density at radius 2 is 1.74 bits per heavy atom. The number of sulfonamides is 1. The van der Waals surface area contributed by atoms with Crippen LogP contribution in [0.3, 0.4) is 0 Å². The minimum Gasteiger partial charge on any atom is -0.497 e. The van der Waals surface area contributed by atoms with E-state index in [1.165, 1.54) is 19.2 Å². The largest absolute Gasteiger partial charge is 0.497 e. The summed E-state index contributed by atoms with van der Waals surface area (Å²) in [7, 11) is -2.12. The van der Waals surface area contributed by atoms with Crippen molar-refractivity contribution in [2.24, 2.45) is 0 Å². The third kappa shape index (κ3) is 5.97. The summed E-state index contributed by atoms with van der Waals surface area (Å²) in [6, 6.07) is 13.4. The summed E-state index contributed by atoms with van der Waals surface area (Å²) in [5.41, 5.74) is 2.13. The Kier molecular flexibility index (Phi) is 7.20. The molecule has 0 aliphatic heterocycles. The molecule has 2 rings (SSSR count). The van der Waals surface area contributed by atoms with Gasteiger partial charge in [-0.1, -0.05) is 24.3 Å². The Bertz CT molecular complexity index is 867. The van der Waals surface area contributed by atoms with Crippen molar-refractivity contribution in [1.82, 2.24) is 15.4 Å². The maximum absolute atomic E-state index is 12.2. The zero-order valence-electron chi connectivity index (χ0n) is 15.7. The third-order valence-electron chi connectivity index (χ3n) is 4.07. The first-order valence-electron chi connectivity index (χ1n) is 8.57. The van der Waals surface area contributed by atoms with Crippen LogP contribution in [0.4, 0.5) is 4.79 Å². The van der Waals surface area contributed by atoms with Crippen molar-refractivity contribution >= 4 is 16.1 Å². The van der Waals surface area contributed by atoms with Crippen LogP contribution < -0.4 is 20.1 Å². The van der Waals surface area contributed by atoms with Crippen LogP contribution in [0.2, 0.25) is 0 Å². The fourth-order valence-electron chi connectivity index (χ4n) is 2.60. The SMILES string of the molecule is COc1ccc(S(=O)(=O)NCCNC(=O)N[C@@H](C)c2ccccc2C)cc1. The number of amides is 2. The predicted octanol–water partition coefficient (Wildman–Crippen LogP) is 2.34. The first-order chi connectivity index (χ1) is 12.8. The highest BCUT2D eigenvalue weighted by Gasteiger charge is 2.14. The second-order valence-electron chi connectivity index (χ2n) is 6.05. The predicted molar refractivity (Wildman–Crippen MR) is 104 cm³/mol. The van der Waals surface area contributed by atoms with Crippen molar-refractivity contribution in [3.63, 3.8) is 0 Å². The van der Waals surface area contributed by atoms with Gasteiger partial charge in [-0.25, -0.2) is 17.9 Å². The second-order valence-corrected chi connectivity index (χ2v) is 7.82. The van der Waals surface area contributed by atoms with Crippen LogP contribution in [0.15, 0.2) is 53.4 Å². The standard InChI is InChI=1S/C19H25N3O4S/c1-14-6-4-5-7-18(14)15(2)22-19(23)20-12-13-21-27(24,25)17-10-8-16(26-3)9-11-17/h4-11,15,21H,12-13H2,1-3H3,(H2,20,22,23)/t15-/m0/s1. The van der Waals surface area contributed by atoms with Crippen LogP contribution in [-0.2, 0) is 10.0 Å². The monoisotopic (exact) mass is 391 g/mol. The van der Waals surface area contributed by atoms with Crippen molar-refractivity contribution in [2.75, 3.05) is 20.2 Å². The summed E-state index contributed by atoms with van der Waals surface area (Å²) in [4.78, 5) is 12.1. The normalized spacial score (nSPS) is 12.3. The molecule has 146 valence electrons. The van der Waals surface area contributed by atoms with Gasteiger partial charge in [-0.2, -0.15) is 0 Å². The van der Waals surface area contributed by atoms with E-state index >= 15 is 0 Å². The van der Waals surface area contributed by atoms with Crippen molar-refractivity contribution in [3.8, 4) is 5.75 Å². The van der Waals surface area contributed by atoms with Gasteiger partial charge in [-0.15, -0.1) is 0 Å². The molecule has 0 aliphatic carbocycles. The van der Waals surface area contributed by atoms with Gasteiger partial charge in [0, 0.05) is 13.1 Å². The van der Waals surface area contributed by atoms with E-state index in [9.17, 15) is 13.2 Å². The topological polar surface area (TPSA) is 96.5 Å². The molecule has 7 nitrogen and oxygen atoms in total. The summed E-state index contributed by atoms with van der Waals surface area (Å²) in [6.45, 7) is 4.13. The zero-order chi connectivity index (χ0) is 19.9. The van der Waals surface area contributed by atoms with Crippen LogP contribution in [-0.4, -0.2) is 34.6 Å². The third-order valence-corrected chi connectivity index (χ3v) is 5.55. The average molecular weight is 391 g/mol. The number of hydrogen-bond donors (Lipinski definition) is 3. The number of rotatable bonds is 8. The quantitative estimate of drug-likeness (QED) is 0.602. The van der Waals surface area contributed by atoms with Crippen LogP contribution in [0.1, 0.15) is 24.1 Å². The maximum atomic E-state index is 12.2. The van der Waals surface area contributed by atoms with Gasteiger partial charge in [-0.05, 0) is 49.2 Å². The summed E-state index contributed by atoms with van der Waals surface area (Å²) < 4.78 is 31.9. The molecule has 0 spiro atoms. The van der Waals surface area contributed by atoms with E-state index in [0.717, 1.165) is 11.1 Å². The van der Waals surface area contributed by atoms with E-state index in [-0.39, 0.29) is 30.1 Å². The van der Waals surface area contributed by atoms with E-state index in [2.05, 4.69) is 15.4 Å². The Morgan fingerprint density at radius 1 is 1.07 bits per heavy atom. The summed E-state index contributed by atoms with van der Waals surface area (Å²) in [6.07, 6.45) is 0. The molecule has 3 N–H and O–H groups in total. The van der Waals surface area contributed by atoms with E-state index in [4.69, 9.17) is 4.74 Å². The van der Waals surface area contributed by atoms with Crippen molar-refractivity contribution in [3.05, 3.63) is 59.7 Å². The average Bonchev–Trinajstić information content (AvgIpc) is 2.65. The van der Waals surface area contributed by atoms with E-state index < -0.39 is 10.0 Å². The van der Waals surface area contributed by atoms with Crippen molar-refractivity contribution in [2.45, 2.75) is 24.8 Å². The molecule has 0 unspecified atom stereocenters. The molecule has 0 saturated carbocycles. The minimum atomic E-state index is -3.63. The van der Waals surface area contributed by atoms with E-state index in [0.29, 0.717) is 5.75 Å². The van der Waals surface area contributed by atoms with Crippen LogP contribution in [0, 0.1) is 6.92 Å². The molecule has 2 aromatic rings. The number of carbonyl (C=O) groups is 1. The second kappa shape index (κ2) is 9.38. The van der Waals surface area contributed by atoms with Crippen molar-refractivity contribution < 1.29 is 17.9 Å². The van der Waals surface area contributed by atoms with E-state index in [1.54, 1.807) is 12.1 Å². The van der Waals surface area contributed by atoms with Gasteiger partial charge in [0.15, 0.2) is 0 Å². The molecule has 27 heavy (non-hydrogen) atoms. The number of benzene rings is 2. The molecule has 8 heteroatoms. The molecule has 0 saturated heterocycles. The van der Waals surface area contributed by atoms with Gasteiger partial charge in [0.2, 0.25) is 10.0 Å². The molecule has 0 radical (unpaired) electrons. The minimum absolute atomic E-state index is 0.0839. The molecule has 2 amide bonds. The number of methoxy groups -OCH3 is 1. The number of nitrogens with one attached hydrogen (secondary N) is 3. The number of hydrogen-bond acceptors (Lipinski definition) is 4. The molecule has 0 heterocycles. The highest BCUT2D eigenvalue weighted by molar-refractivity contribution is 7.89. The van der Waals surface area contributed by atoms with Gasteiger partial charge in [0.25, 0.3) is 0 Å². The zero-order valence-corrected chi connectivity index (χ0v) is 16.5. The van der Waals surface area contributed by atoms with Crippen LogP contribution >= 0.6 is 0 Å². The molecule has 0 bridgehead atoms. The van der Waals surface area contributed by atoms with Crippen LogP contribution in [0.5, 0.6) is 5.75 Å². The first-order valence-corrected chi connectivity index (χ1v) is 10.1. The van der Waals surface area contributed by atoms with Gasteiger partial charge >= 0.3 is 6.03 Å². The maximum Gasteiger partial charge on any atom is 0.315 e. The smallest absolute Gasteiger partial charge is 0.315 e. The number of carbonyl (C=O) groups excluding carboxylic acids is 1. The van der Waals surface area contributed by atoms with Gasteiger partial charge in [0.05, 0.1) is 18.0 Å². The van der Waals surface area contributed by atoms with Gasteiger partial charge < -0.3 is 15.4 Å². The highest BCUT2D eigenvalue weighted by Crippen LogP contribution is 2.16. The molecular weight excluding hydrogens is 366 g/mol. The summed E-state index contributed by atoms with van der Waals surface area (Å²) >= 11 is 0. The fraction of sp³-hybridized carbons (Fsp3) is 0.316.